The molecule has 132 valence electrons. The fourth-order valence-electron chi connectivity index (χ4n) is 3.25. The van der Waals surface area contributed by atoms with Crippen molar-refractivity contribution in [2.24, 2.45) is 5.16 Å². The maximum atomic E-state index is 14.6. The van der Waals surface area contributed by atoms with E-state index in [0.29, 0.717) is 17.3 Å². The summed E-state index contributed by atoms with van der Waals surface area (Å²) >= 11 is 1.59. The van der Waals surface area contributed by atoms with Crippen molar-refractivity contribution in [1.29, 1.82) is 0 Å². The largest absolute Gasteiger partial charge is 0.385 e. The molecule has 0 radical (unpaired) electrons. The van der Waals surface area contributed by atoms with E-state index in [1.54, 1.807) is 29.5 Å². The van der Waals surface area contributed by atoms with Gasteiger partial charge in [0.25, 0.3) is 0 Å². The van der Waals surface area contributed by atoms with Gasteiger partial charge in [-0.05, 0) is 25.9 Å². The Labute approximate surface area is 148 Å². The summed E-state index contributed by atoms with van der Waals surface area (Å²) in [5, 5.41) is 10.2. The highest BCUT2D eigenvalue weighted by molar-refractivity contribution is 7.09. The van der Waals surface area contributed by atoms with Crippen molar-refractivity contribution >= 4 is 17.0 Å². The summed E-state index contributed by atoms with van der Waals surface area (Å²) in [6, 6.07) is 7.75. The van der Waals surface area contributed by atoms with Crippen LogP contribution in [0.3, 0.4) is 0 Å². The third kappa shape index (κ3) is 3.30. The average molecular weight is 363 g/mol. The lowest BCUT2D eigenvalue weighted by atomic mass is 9.98. The number of aromatic nitrogens is 1. The second-order valence-corrected chi connectivity index (χ2v) is 7.31. The van der Waals surface area contributed by atoms with E-state index in [-0.39, 0.29) is 12.0 Å². The minimum absolute atomic E-state index is 0.0508. The number of oxime groups is 1. The normalized spacial score (nSPS) is 21.8. The highest BCUT2D eigenvalue weighted by Gasteiger charge is 2.47. The van der Waals surface area contributed by atoms with Gasteiger partial charge in [0.15, 0.2) is 0 Å². The zero-order valence-electron chi connectivity index (χ0n) is 13.6. The van der Waals surface area contributed by atoms with Gasteiger partial charge in [-0.1, -0.05) is 35.5 Å². The van der Waals surface area contributed by atoms with Gasteiger partial charge in [-0.15, -0.1) is 11.3 Å². The summed E-state index contributed by atoms with van der Waals surface area (Å²) in [7, 11) is 0. The molecular formula is C18H19F2N3OS. The number of nitrogens with one attached hydrogen (secondary N) is 1. The molecule has 0 saturated carbocycles. The first-order valence-electron chi connectivity index (χ1n) is 8.47. The molecule has 1 atom stereocenters. The van der Waals surface area contributed by atoms with Crippen LogP contribution in [0.15, 0.2) is 40.9 Å². The van der Waals surface area contributed by atoms with Gasteiger partial charge in [-0.3, -0.25) is 0 Å². The Kier molecular flexibility index (Phi) is 4.52. The summed E-state index contributed by atoms with van der Waals surface area (Å²) < 4.78 is 29.2. The molecule has 7 heteroatoms. The molecule has 1 aromatic heterocycles. The fourth-order valence-corrected chi connectivity index (χ4v) is 4.25. The fraction of sp³-hybridized carbons (Fsp3) is 0.444. The lowest BCUT2D eigenvalue weighted by Gasteiger charge is -2.21. The molecule has 0 amide bonds. The van der Waals surface area contributed by atoms with Crippen LogP contribution in [-0.2, 0) is 10.8 Å². The molecule has 1 saturated heterocycles. The van der Waals surface area contributed by atoms with Gasteiger partial charge in [-0.2, -0.15) is 8.78 Å². The van der Waals surface area contributed by atoms with Gasteiger partial charge in [-0.25, -0.2) is 4.98 Å². The summed E-state index contributed by atoms with van der Waals surface area (Å²) in [4.78, 5) is 9.73. The van der Waals surface area contributed by atoms with E-state index >= 15 is 0 Å². The number of piperidine rings is 1. The third-order valence-corrected chi connectivity index (χ3v) is 5.75. The predicted molar refractivity (Wildman–Crippen MR) is 93.3 cm³/mol. The zero-order valence-corrected chi connectivity index (χ0v) is 14.4. The van der Waals surface area contributed by atoms with E-state index in [1.165, 1.54) is 12.1 Å². The molecule has 0 spiro atoms. The molecule has 25 heavy (non-hydrogen) atoms. The van der Waals surface area contributed by atoms with Crippen molar-refractivity contribution in [2.75, 3.05) is 13.1 Å². The van der Waals surface area contributed by atoms with Crippen molar-refractivity contribution in [1.82, 2.24) is 10.3 Å². The van der Waals surface area contributed by atoms with Crippen LogP contribution < -0.4 is 5.32 Å². The average Bonchev–Trinajstić information content (AvgIpc) is 3.33. The van der Waals surface area contributed by atoms with Gasteiger partial charge in [0, 0.05) is 23.3 Å². The number of benzene rings is 1. The highest BCUT2D eigenvalue weighted by atomic mass is 32.1. The van der Waals surface area contributed by atoms with Crippen molar-refractivity contribution in [3.05, 3.63) is 52.0 Å². The summed E-state index contributed by atoms with van der Waals surface area (Å²) in [5.74, 6) is -2.63. The molecule has 1 unspecified atom stereocenters. The molecule has 2 aliphatic heterocycles. The van der Waals surface area contributed by atoms with Crippen molar-refractivity contribution < 1.29 is 13.6 Å². The highest BCUT2D eigenvalue weighted by Crippen LogP contribution is 2.38. The lowest BCUT2D eigenvalue weighted by molar-refractivity contribution is -0.131. The molecule has 3 heterocycles. The first-order chi connectivity index (χ1) is 12.1. The van der Waals surface area contributed by atoms with Crippen LogP contribution >= 0.6 is 11.3 Å². The number of rotatable bonds is 4. The Morgan fingerprint density at radius 1 is 1.16 bits per heavy atom. The van der Waals surface area contributed by atoms with E-state index in [1.807, 2.05) is 5.38 Å². The number of nitrogens with zero attached hydrogens (tertiary/aromatic N) is 2. The van der Waals surface area contributed by atoms with E-state index in [9.17, 15) is 8.78 Å². The minimum Gasteiger partial charge on any atom is -0.385 e. The maximum Gasteiger partial charge on any atom is 0.312 e. The lowest BCUT2D eigenvalue weighted by Crippen LogP contribution is -2.31. The van der Waals surface area contributed by atoms with E-state index in [0.717, 1.165) is 30.9 Å². The summed E-state index contributed by atoms with van der Waals surface area (Å²) in [5.41, 5.74) is 1.13. The number of thiazole rings is 1. The van der Waals surface area contributed by atoms with Crippen molar-refractivity contribution in [3.63, 3.8) is 0 Å². The molecule has 4 nitrogen and oxygen atoms in total. The van der Waals surface area contributed by atoms with Gasteiger partial charge < -0.3 is 10.2 Å². The minimum atomic E-state index is -3.08. The van der Waals surface area contributed by atoms with E-state index in [2.05, 4.69) is 15.5 Å². The number of hydrogen-bond acceptors (Lipinski definition) is 5. The van der Waals surface area contributed by atoms with Crippen LogP contribution in [-0.4, -0.2) is 29.9 Å². The van der Waals surface area contributed by atoms with Crippen molar-refractivity contribution in [3.8, 4) is 0 Å². The van der Waals surface area contributed by atoms with E-state index < -0.39 is 12.0 Å². The van der Waals surface area contributed by atoms with Gasteiger partial charge in [0.1, 0.15) is 5.71 Å². The second kappa shape index (κ2) is 6.80. The molecule has 0 aliphatic carbocycles. The van der Waals surface area contributed by atoms with Crippen LogP contribution in [0.25, 0.3) is 0 Å². The van der Waals surface area contributed by atoms with Crippen LogP contribution in [0.1, 0.15) is 41.4 Å². The van der Waals surface area contributed by atoms with Crippen LogP contribution in [0.5, 0.6) is 0 Å². The molecule has 2 aromatic rings. The molecule has 2 aliphatic rings. The Hall–Kier alpha value is -1.86. The van der Waals surface area contributed by atoms with Gasteiger partial charge >= 0.3 is 5.92 Å². The first kappa shape index (κ1) is 16.6. The second-order valence-electron chi connectivity index (χ2n) is 6.42. The first-order valence-corrected chi connectivity index (χ1v) is 9.35. The summed E-state index contributed by atoms with van der Waals surface area (Å²) in [6.45, 7) is 1.99. The maximum absolute atomic E-state index is 14.6. The Bertz CT molecular complexity index is 757. The van der Waals surface area contributed by atoms with E-state index in [4.69, 9.17) is 4.84 Å². The van der Waals surface area contributed by atoms with Crippen molar-refractivity contribution in [2.45, 2.75) is 37.2 Å². The Morgan fingerprint density at radius 2 is 1.92 bits per heavy atom. The third-order valence-electron chi connectivity index (χ3n) is 4.74. The van der Waals surface area contributed by atoms with Gasteiger partial charge in [0.05, 0.1) is 10.7 Å². The molecule has 4 rings (SSSR count). The Morgan fingerprint density at radius 3 is 2.68 bits per heavy atom. The topological polar surface area (TPSA) is 46.5 Å². The standard InChI is InChI=1S/C18H19F2N3OS/c19-18(20,13-4-2-1-3-5-13)16-10-14(23-24-16)15-11-25-17(22-15)12-6-8-21-9-7-12/h1-5,11-12,16,21H,6-10H2. The van der Waals surface area contributed by atoms with Crippen LogP contribution in [0, 0.1) is 0 Å². The quantitative estimate of drug-likeness (QED) is 0.896. The van der Waals surface area contributed by atoms with Crippen LogP contribution in [0.4, 0.5) is 8.78 Å². The SMILES string of the molecule is FC(F)(c1ccccc1)C1CC(c2csc(C3CCNCC3)n2)=NO1. The number of hydrogen-bond donors (Lipinski definition) is 1. The molecule has 0 bridgehead atoms. The monoisotopic (exact) mass is 363 g/mol. The molecule has 1 fully saturated rings. The molecule has 1 N–H and O–H groups in total. The summed E-state index contributed by atoms with van der Waals surface area (Å²) in [6.07, 6.45) is 0.904. The van der Waals surface area contributed by atoms with Crippen LogP contribution in [0.2, 0.25) is 0 Å². The molecular weight excluding hydrogens is 344 g/mol. The number of alkyl halides is 2. The Balaban J connectivity index is 1.46. The zero-order chi connectivity index (χ0) is 17.3. The van der Waals surface area contributed by atoms with Gasteiger partial charge in [0.2, 0.25) is 6.10 Å². The number of halogens is 2. The smallest absolute Gasteiger partial charge is 0.312 e. The predicted octanol–water partition coefficient (Wildman–Crippen LogP) is 3.90. The molecule has 1 aromatic carbocycles.